The monoisotopic (exact) mass is 284 g/mol. The quantitative estimate of drug-likeness (QED) is 0.886. The Balaban J connectivity index is 2.24. The maximum absolute atomic E-state index is 12.7. The smallest absolute Gasteiger partial charge is 0.258 e. The number of carbonyl (C=O) groups excluding carboxylic acids is 1. The minimum absolute atomic E-state index is 0.0147. The first-order valence-corrected chi connectivity index (χ1v) is 6.92. The van der Waals surface area contributed by atoms with Gasteiger partial charge in [-0.2, -0.15) is 0 Å². The standard InChI is InChI=1S/C17H20N2O2/c1-18-12-13-19(15-6-4-3-5-7-15)17(20)14-8-10-16(21-2)11-9-14/h3-11,18H,12-13H2,1-2H3. The van der Waals surface area contributed by atoms with Gasteiger partial charge in [-0.25, -0.2) is 0 Å². The number of ether oxygens (including phenoxy) is 1. The zero-order valence-corrected chi connectivity index (χ0v) is 12.4. The molecule has 4 nitrogen and oxygen atoms in total. The molecule has 0 saturated heterocycles. The Kier molecular flexibility index (Phi) is 5.35. The fraction of sp³-hybridized carbons (Fsp3) is 0.235. The molecule has 21 heavy (non-hydrogen) atoms. The molecule has 0 unspecified atom stereocenters. The lowest BCUT2D eigenvalue weighted by Gasteiger charge is -2.23. The Hall–Kier alpha value is -2.33. The van der Waals surface area contributed by atoms with E-state index in [-0.39, 0.29) is 5.91 Å². The third kappa shape index (κ3) is 3.83. The van der Waals surface area contributed by atoms with Gasteiger partial charge in [0, 0.05) is 24.3 Å². The van der Waals surface area contributed by atoms with Gasteiger partial charge in [-0.3, -0.25) is 4.79 Å². The van der Waals surface area contributed by atoms with Crippen LogP contribution < -0.4 is 15.0 Å². The van der Waals surface area contributed by atoms with Crippen LogP contribution in [0, 0.1) is 0 Å². The van der Waals surface area contributed by atoms with Crippen LogP contribution in [-0.2, 0) is 0 Å². The van der Waals surface area contributed by atoms with Gasteiger partial charge in [0.2, 0.25) is 0 Å². The van der Waals surface area contributed by atoms with Crippen LogP contribution >= 0.6 is 0 Å². The van der Waals surface area contributed by atoms with Gasteiger partial charge in [-0.1, -0.05) is 18.2 Å². The summed E-state index contributed by atoms with van der Waals surface area (Å²) in [4.78, 5) is 14.5. The Morgan fingerprint density at radius 3 is 2.33 bits per heavy atom. The van der Waals surface area contributed by atoms with E-state index in [2.05, 4.69) is 5.32 Å². The van der Waals surface area contributed by atoms with Crippen molar-refractivity contribution < 1.29 is 9.53 Å². The molecule has 0 aliphatic heterocycles. The van der Waals surface area contributed by atoms with Crippen LogP contribution in [0.5, 0.6) is 5.75 Å². The number of amides is 1. The van der Waals surface area contributed by atoms with Crippen LogP contribution in [0.25, 0.3) is 0 Å². The summed E-state index contributed by atoms with van der Waals surface area (Å²) in [6.07, 6.45) is 0. The number of para-hydroxylation sites is 1. The van der Waals surface area contributed by atoms with Gasteiger partial charge < -0.3 is 15.0 Å². The predicted octanol–water partition coefficient (Wildman–Crippen LogP) is 2.56. The predicted molar refractivity (Wildman–Crippen MR) is 85.0 cm³/mol. The van der Waals surface area contributed by atoms with Crippen LogP contribution in [0.3, 0.4) is 0 Å². The molecule has 0 fully saturated rings. The van der Waals surface area contributed by atoms with E-state index in [1.54, 1.807) is 36.3 Å². The highest BCUT2D eigenvalue weighted by Gasteiger charge is 2.17. The molecule has 0 aliphatic carbocycles. The van der Waals surface area contributed by atoms with E-state index in [9.17, 15) is 4.79 Å². The van der Waals surface area contributed by atoms with Crippen molar-refractivity contribution in [2.24, 2.45) is 0 Å². The number of carbonyl (C=O) groups is 1. The molecule has 0 heterocycles. The average Bonchev–Trinajstić information content (AvgIpc) is 2.56. The summed E-state index contributed by atoms with van der Waals surface area (Å²) in [5.74, 6) is 0.729. The third-order valence-electron chi connectivity index (χ3n) is 3.24. The number of hydrogen-bond donors (Lipinski definition) is 1. The molecule has 110 valence electrons. The summed E-state index contributed by atoms with van der Waals surface area (Å²) >= 11 is 0. The van der Waals surface area contributed by atoms with Gasteiger partial charge in [-0.15, -0.1) is 0 Å². The number of benzene rings is 2. The molecule has 0 radical (unpaired) electrons. The molecule has 0 bridgehead atoms. The van der Waals surface area contributed by atoms with Crippen molar-refractivity contribution in [1.82, 2.24) is 5.32 Å². The molecular weight excluding hydrogens is 264 g/mol. The second-order valence-corrected chi connectivity index (χ2v) is 4.62. The van der Waals surface area contributed by atoms with Crippen molar-refractivity contribution in [3.05, 3.63) is 60.2 Å². The minimum atomic E-state index is -0.0147. The number of nitrogens with one attached hydrogen (secondary N) is 1. The fourth-order valence-electron chi connectivity index (χ4n) is 2.07. The average molecular weight is 284 g/mol. The van der Waals surface area contributed by atoms with E-state index in [0.717, 1.165) is 18.0 Å². The van der Waals surface area contributed by atoms with Crippen molar-refractivity contribution in [2.45, 2.75) is 0 Å². The normalized spacial score (nSPS) is 10.2. The number of methoxy groups -OCH3 is 1. The molecule has 2 aromatic rings. The van der Waals surface area contributed by atoms with Gasteiger partial charge in [0.15, 0.2) is 0 Å². The van der Waals surface area contributed by atoms with E-state index in [4.69, 9.17) is 4.74 Å². The Morgan fingerprint density at radius 1 is 1.10 bits per heavy atom. The van der Waals surface area contributed by atoms with Crippen molar-refractivity contribution in [3.63, 3.8) is 0 Å². The number of nitrogens with zero attached hydrogens (tertiary/aromatic N) is 1. The zero-order chi connectivity index (χ0) is 15.1. The molecule has 0 atom stereocenters. The summed E-state index contributed by atoms with van der Waals surface area (Å²) < 4.78 is 5.12. The van der Waals surface area contributed by atoms with Gasteiger partial charge in [-0.05, 0) is 43.4 Å². The lowest BCUT2D eigenvalue weighted by molar-refractivity contribution is 0.0987. The highest BCUT2D eigenvalue weighted by Crippen LogP contribution is 2.18. The lowest BCUT2D eigenvalue weighted by Crippen LogP contribution is -2.36. The molecule has 0 saturated carbocycles. The molecule has 2 rings (SSSR count). The molecule has 1 N–H and O–H groups in total. The van der Waals surface area contributed by atoms with Crippen molar-refractivity contribution >= 4 is 11.6 Å². The van der Waals surface area contributed by atoms with E-state index >= 15 is 0 Å². The summed E-state index contributed by atoms with van der Waals surface area (Å²) in [6.45, 7) is 1.35. The largest absolute Gasteiger partial charge is 0.497 e. The summed E-state index contributed by atoms with van der Waals surface area (Å²) in [5, 5.41) is 3.08. The van der Waals surface area contributed by atoms with Crippen molar-refractivity contribution in [1.29, 1.82) is 0 Å². The van der Waals surface area contributed by atoms with Crippen LogP contribution in [-0.4, -0.2) is 33.2 Å². The lowest BCUT2D eigenvalue weighted by atomic mass is 10.1. The second kappa shape index (κ2) is 7.45. The number of rotatable bonds is 6. The minimum Gasteiger partial charge on any atom is -0.497 e. The van der Waals surface area contributed by atoms with Gasteiger partial charge in [0.25, 0.3) is 5.91 Å². The van der Waals surface area contributed by atoms with Crippen molar-refractivity contribution in [2.75, 3.05) is 32.1 Å². The first kappa shape index (κ1) is 15.1. The van der Waals surface area contributed by atoms with Gasteiger partial charge in [0.1, 0.15) is 5.75 Å². The second-order valence-electron chi connectivity index (χ2n) is 4.62. The first-order valence-electron chi connectivity index (χ1n) is 6.92. The molecule has 0 spiro atoms. The number of hydrogen-bond acceptors (Lipinski definition) is 3. The highest BCUT2D eigenvalue weighted by atomic mass is 16.5. The summed E-state index contributed by atoms with van der Waals surface area (Å²) in [6, 6.07) is 16.9. The fourth-order valence-corrected chi connectivity index (χ4v) is 2.07. The molecule has 4 heteroatoms. The van der Waals surface area contributed by atoms with Crippen molar-refractivity contribution in [3.8, 4) is 5.75 Å². The van der Waals surface area contributed by atoms with E-state index < -0.39 is 0 Å². The van der Waals surface area contributed by atoms with Gasteiger partial charge >= 0.3 is 0 Å². The van der Waals surface area contributed by atoms with Crippen LogP contribution in [0.1, 0.15) is 10.4 Å². The topological polar surface area (TPSA) is 41.6 Å². The van der Waals surface area contributed by atoms with Crippen LogP contribution in [0.2, 0.25) is 0 Å². The van der Waals surface area contributed by atoms with Crippen LogP contribution in [0.4, 0.5) is 5.69 Å². The Morgan fingerprint density at radius 2 is 1.76 bits per heavy atom. The zero-order valence-electron chi connectivity index (χ0n) is 12.4. The SMILES string of the molecule is CNCCN(C(=O)c1ccc(OC)cc1)c1ccccc1. The molecule has 1 amide bonds. The molecule has 0 aliphatic rings. The Bertz CT molecular complexity index is 567. The number of anilines is 1. The first-order chi connectivity index (χ1) is 10.3. The number of likely N-dealkylation sites (N-methyl/N-ethyl adjacent to an activating group) is 1. The molecule has 2 aromatic carbocycles. The third-order valence-corrected chi connectivity index (χ3v) is 3.24. The maximum Gasteiger partial charge on any atom is 0.258 e. The van der Waals surface area contributed by atoms with E-state index in [1.807, 2.05) is 37.4 Å². The summed E-state index contributed by atoms with van der Waals surface area (Å²) in [5.41, 5.74) is 1.55. The van der Waals surface area contributed by atoms with E-state index in [1.165, 1.54) is 0 Å². The van der Waals surface area contributed by atoms with E-state index in [0.29, 0.717) is 12.1 Å². The summed E-state index contributed by atoms with van der Waals surface area (Å²) in [7, 11) is 3.49. The van der Waals surface area contributed by atoms with Crippen LogP contribution in [0.15, 0.2) is 54.6 Å². The highest BCUT2D eigenvalue weighted by molar-refractivity contribution is 6.06. The molecule has 0 aromatic heterocycles. The molecular formula is C17H20N2O2. The maximum atomic E-state index is 12.7. The Labute approximate surface area is 125 Å². The van der Waals surface area contributed by atoms with Gasteiger partial charge in [0.05, 0.1) is 7.11 Å².